The first-order valence-corrected chi connectivity index (χ1v) is 10.3. The van der Waals surface area contributed by atoms with Gasteiger partial charge in [0.2, 0.25) is 0 Å². The van der Waals surface area contributed by atoms with Gasteiger partial charge in [-0.2, -0.15) is 0 Å². The summed E-state index contributed by atoms with van der Waals surface area (Å²) in [5.41, 5.74) is 2.19. The van der Waals surface area contributed by atoms with Gasteiger partial charge in [0.05, 0.1) is 17.9 Å². The molecule has 2 aliphatic heterocycles. The molecule has 2 aliphatic rings. The summed E-state index contributed by atoms with van der Waals surface area (Å²) in [5, 5.41) is 2.90. The molecule has 2 amide bonds. The molecule has 2 aromatic heterocycles. The van der Waals surface area contributed by atoms with Gasteiger partial charge in [0, 0.05) is 25.8 Å². The second kappa shape index (κ2) is 8.54. The molecule has 0 spiro atoms. The van der Waals surface area contributed by atoms with Crippen molar-refractivity contribution in [1.82, 2.24) is 24.8 Å². The van der Waals surface area contributed by atoms with E-state index < -0.39 is 0 Å². The Morgan fingerprint density at radius 1 is 1.00 bits per heavy atom. The Kier molecular flexibility index (Phi) is 5.69. The van der Waals surface area contributed by atoms with E-state index in [-0.39, 0.29) is 11.8 Å². The molecule has 1 N–H and O–H groups in total. The van der Waals surface area contributed by atoms with Gasteiger partial charge in [-0.05, 0) is 44.2 Å². The van der Waals surface area contributed by atoms with Crippen LogP contribution in [0.1, 0.15) is 71.0 Å². The topological polar surface area (TPSA) is 80.1 Å². The molecular weight excluding hydrogens is 354 g/mol. The minimum Gasteiger partial charge on any atom is -0.344 e. The number of hydrogen-bond donors (Lipinski definition) is 1. The van der Waals surface area contributed by atoms with Crippen molar-refractivity contribution in [2.45, 2.75) is 58.0 Å². The average Bonchev–Trinajstić information content (AvgIpc) is 2.92. The number of likely N-dealkylation sites (tertiary alicyclic amines) is 1. The fourth-order valence-corrected chi connectivity index (χ4v) is 4.06. The summed E-state index contributed by atoms with van der Waals surface area (Å²) in [6.07, 6.45) is 8.96. The summed E-state index contributed by atoms with van der Waals surface area (Å²) < 4.78 is 1.95. The van der Waals surface area contributed by atoms with Crippen LogP contribution in [0.25, 0.3) is 0 Å². The van der Waals surface area contributed by atoms with Crippen LogP contribution in [0.5, 0.6) is 0 Å². The van der Waals surface area contributed by atoms with Gasteiger partial charge in [0.15, 0.2) is 5.82 Å². The summed E-state index contributed by atoms with van der Waals surface area (Å²) in [7, 11) is 0. The highest BCUT2D eigenvalue weighted by molar-refractivity contribution is 5.97. The molecule has 2 aromatic rings. The monoisotopic (exact) mass is 381 g/mol. The van der Waals surface area contributed by atoms with Crippen molar-refractivity contribution in [3.8, 4) is 0 Å². The summed E-state index contributed by atoms with van der Waals surface area (Å²) in [6, 6.07) is 5.61. The van der Waals surface area contributed by atoms with Crippen LogP contribution in [0.4, 0.5) is 0 Å². The standard InChI is InChI=1S/C21H27N5O2/c27-20(23-15-16-9-3-5-11-22-16)19-24-18(17-10-4-8-14-26(17)19)21(28)25-12-6-1-2-7-13-25/h3,5,9,11H,1-2,4,6-8,10,12-15H2,(H,23,27). The fraction of sp³-hybridized carbons (Fsp3) is 0.524. The highest BCUT2D eigenvalue weighted by Crippen LogP contribution is 2.23. The van der Waals surface area contributed by atoms with Gasteiger partial charge >= 0.3 is 0 Å². The molecule has 0 unspecified atom stereocenters. The van der Waals surface area contributed by atoms with Crippen molar-refractivity contribution in [3.05, 3.63) is 47.3 Å². The summed E-state index contributed by atoms with van der Waals surface area (Å²) in [6.45, 7) is 2.65. The second-order valence-corrected chi connectivity index (χ2v) is 7.55. The number of aromatic nitrogens is 3. The van der Waals surface area contributed by atoms with Crippen LogP contribution in [0.3, 0.4) is 0 Å². The molecule has 4 heterocycles. The number of rotatable bonds is 4. The number of pyridine rings is 1. The molecule has 0 aliphatic carbocycles. The summed E-state index contributed by atoms with van der Waals surface area (Å²) in [4.78, 5) is 36.7. The first-order valence-electron chi connectivity index (χ1n) is 10.3. The molecule has 0 radical (unpaired) electrons. The number of imidazole rings is 1. The number of carbonyl (C=O) groups excluding carboxylic acids is 2. The molecule has 148 valence electrons. The van der Waals surface area contributed by atoms with Crippen molar-refractivity contribution >= 4 is 11.8 Å². The van der Waals surface area contributed by atoms with Crippen molar-refractivity contribution in [2.24, 2.45) is 0 Å². The molecule has 1 saturated heterocycles. The number of amides is 2. The molecule has 0 bridgehead atoms. The Hall–Kier alpha value is -2.70. The SMILES string of the molecule is O=C(NCc1ccccn1)c1nc(C(=O)N2CCCCCC2)c2n1CCCC2. The van der Waals surface area contributed by atoms with Crippen LogP contribution in [-0.2, 0) is 19.5 Å². The van der Waals surface area contributed by atoms with Gasteiger partial charge in [0.1, 0.15) is 5.69 Å². The lowest BCUT2D eigenvalue weighted by Crippen LogP contribution is -2.33. The Labute approximate surface area is 165 Å². The number of hydrogen-bond acceptors (Lipinski definition) is 4. The largest absolute Gasteiger partial charge is 0.344 e. The van der Waals surface area contributed by atoms with Gasteiger partial charge in [-0.1, -0.05) is 18.9 Å². The van der Waals surface area contributed by atoms with Crippen LogP contribution in [0.2, 0.25) is 0 Å². The third kappa shape index (κ3) is 3.93. The maximum atomic E-state index is 13.1. The van der Waals surface area contributed by atoms with Crippen LogP contribution in [0, 0.1) is 0 Å². The Morgan fingerprint density at radius 2 is 1.79 bits per heavy atom. The zero-order valence-electron chi connectivity index (χ0n) is 16.2. The van der Waals surface area contributed by atoms with Crippen molar-refractivity contribution < 1.29 is 9.59 Å². The van der Waals surface area contributed by atoms with E-state index in [2.05, 4.69) is 15.3 Å². The van der Waals surface area contributed by atoms with E-state index >= 15 is 0 Å². The molecule has 7 nitrogen and oxygen atoms in total. The molecule has 0 atom stereocenters. The number of carbonyl (C=O) groups is 2. The van der Waals surface area contributed by atoms with Gasteiger partial charge in [-0.25, -0.2) is 4.98 Å². The number of nitrogens with one attached hydrogen (secondary N) is 1. The molecule has 0 saturated carbocycles. The van der Waals surface area contributed by atoms with E-state index in [4.69, 9.17) is 0 Å². The van der Waals surface area contributed by atoms with Crippen LogP contribution in [-0.4, -0.2) is 44.3 Å². The average molecular weight is 381 g/mol. The van der Waals surface area contributed by atoms with Gasteiger partial charge in [-0.15, -0.1) is 0 Å². The molecule has 4 rings (SSSR count). The molecular formula is C21H27N5O2. The first-order chi connectivity index (χ1) is 13.7. The van der Waals surface area contributed by atoms with Gasteiger partial charge < -0.3 is 14.8 Å². The highest BCUT2D eigenvalue weighted by atomic mass is 16.2. The third-order valence-electron chi connectivity index (χ3n) is 5.57. The number of nitrogens with zero attached hydrogens (tertiary/aromatic N) is 4. The van der Waals surface area contributed by atoms with E-state index in [1.54, 1.807) is 6.20 Å². The Bertz CT molecular complexity index is 838. The highest BCUT2D eigenvalue weighted by Gasteiger charge is 2.30. The predicted molar refractivity (Wildman–Crippen MR) is 105 cm³/mol. The van der Waals surface area contributed by atoms with E-state index in [1.165, 1.54) is 12.8 Å². The van der Waals surface area contributed by atoms with Crippen LogP contribution in [0.15, 0.2) is 24.4 Å². The smallest absolute Gasteiger partial charge is 0.287 e. The molecule has 7 heteroatoms. The molecule has 28 heavy (non-hydrogen) atoms. The van der Waals surface area contributed by atoms with Gasteiger partial charge in [-0.3, -0.25) is 14.6 Å². The van der Waals surface area contributed by atoms with E-state index in [0.717, 1.165) is 63.1 Å². The number of fused-ring (bicyclic) bond motifs is 1. The van der Waals surface area contributed by atoms with Crippen molar-refractivity contribution in [2.75, 3.05) is 13.1 Å². The van der Waals surface area contributed by atoms with Crippen LogP contribution < -0.4 is 5.32 Å². The van der Waals surface area contributed by atoms with Crippen molar-refractivity contribution in [1.29, 1.82) is 0 Å². The lowest BCUT2D eigenvalue weighted by Gasteiger charge is -2.21. The summed E-state index contributed by atoms with van der Waals surface area (Å²) >= 11 is 0. The lowest BCUT2D eigenvalue weighted by atomic mass is 10.1. The summed E-state index contributed by atoms with van der Waals surface area (Å²) in [5.74, 6) is 0.0869. The zero-order valence-corrected chi connectivity index (χ0v) is 16.2. The maximum Gasteiger partial charge on any atom is 0.287 e. The normalized spacial score (nSPS) is 16.9. The second-order valence-electron chi connectivity index (χ2n) is 7.55. The molecule has 0 aromatic carbocycles. The maximum absolute atomic E-state index is 13.1. The van der Waals surface area contributed by atoms with Gasteiger partial charge in [0.25, 0.3) is 11.8 Å². The fourth-order valence-electron chi connectivity index (χ4n) is 4.06. The van der Waals surface area contributed by atoms with E-state index in [9.17, 15) is 9.59 Å². The Morgan fingerprint density at radius 3 is 2.54 bits per heavy atom. The third-order valence-corrected chi connectivity index (χ3v) is 5.57. The minimum absolute atomic E-state index is 0.0173. The van der Waals surface area contributed by atoms with E-state index in [1.807, 2.05) is 27.7 Å². The first kappa shape index (κ1) is 18.7. The predicted octanol–water partition coefficient (Wildman–Crippen LogP) is 2.56. The van der Waals surface area contributed by atoms with Crippen molar-refractivity contribution in [3.63, 3.8) is 0 Å². The van der Waals surface area contributed by atoms with E-state index in [0.29, 0.717) is 18.1 Å². The molecule has 1 fully saturated rings. The lowest BCUT2D eigenvalue weighted by molar-refractivity contribution is 0.0754. The zero-order chi connectivity index (χ0) is 19.3. The van der Waals surface area contributed by atoms with Crippen LogP contribution >= 0.6 is 0 Å². The minimum atomic E-state index is -0.247. The quantitative estimate of drug-likeness (QED) is 0.883. The Balaban J connectivity index is 1.56.